The van der Waals surface area contributed by atoms with E-state index in [0.29, 0.717) is 12.0 Å². The van der Waals surface area contributed by atoms with Crippen LogP contribution in [-0.4, -0.2) is 19.3 Å². The van der Waals surface area contributed by atoms with Crippen LogP contribution in [0.5, 0.6) is 0 Å². The van der Waals surface area contributed by atoms with Gasteiger partial charge in [0.2, 0.25) is 0 Å². The van der Waals surface area contributed by atoms with E-state index in [0.717, 1.165) is 5.56 Å². The summed E-state index contributed by atoms with van der Waals surface area (Å²) < 4.78 is 34.2. The van der Waals surface area contributed by atoms with Crippen LogP contribution >= 0.6 is 0 Å². The number of rotatable bonds is 2. The fourth-order valence-corrected chi connectivity index (χ4v) is 1.55. The molecule has 1 aromatic carbocycles. The van der Waals surface area contributed by atoms with Crippen LogP contribution < -0.4 is 0 Å². The lowest BCUT2D eigenvalue weighted by Gasteiger charge is -1.95. The first-order valence-electron chi connectivity index (χ1n) is 4.96. The summed E-state index contributed by atoms with van der Waals surface area (Å²) in [6, 6.07) is 9.26. The first-order valence-corrected chi connectivity index (χ1v) is 6.40. The minimum atomic E-state index is -4.02. The third-order valence-corrected chi connectivity index (χ3v) is 2.85. The minimum Gasteiger partial charge on any atom is -0.462 e. The Balaban J connectivity index is 0.000000199. The van der Waals surface area contributed by atoms with Crippen LogP contribution in [0.25, 0.3) is 0 Å². The lowest BCUT2D eigenvalue weighted by Crippen LogP contribution is -1.96. The number of benzene rings is 1. The molecule has 0 aliphatic heterocycles. The number of carbonyl (C=O) groups excluding carboxylic acids is 1. The Labute approximate surface area is 105 Å². The van der Waals surface area contributed by atoms with Crippen molar-refractivity contribution in [2.24, 2.45) is 0 Å². The fraction of sp³-hybridized carbons (Fsp3) is 0.0833. The number of carbonyl (C=O) groups is 1. The van der Waals surface area contributed by atoms with Gasteiger partial charge in [0, 0.05) is 0 Å². The van der Waals surface area contributed by atoms with Gasteiger partial charge in [-0.15, -0.1) is 0 Å². The Hall–Kier alpha value is -1.92. The molecule has 0 saturated heterocycles. The minimum absolute atomic E-state index is 0.0666. The second kappa shape index (κ2) is 6.13. The standard InChI is InChI=1S/C7H8O3S.C5H4O2/c1-6-2-4-7(5-3-6)11(8,9)10;6-4-5-2-1-3-7-5/h2-5H,1H3,(H,8,9,10);1-4H. The van der Waals surface area contributed by atoms with E-state index in [1.807, 2.05) is 6.92 Å². The van der Waals surface area contributed by atoms with Crippen molar-refractivity contribution in [1.82, 2.24) is 0 Å². The molecule has 0 aliphatic carbocycles. The molecule has 18 heavy (non-hydrogen) atoms. The number of furan rings is 1. The fourth-order valence-electron chi connectivity index (χ4n) is 1.07. The average Bonchev–Trinajstić information content (AvgIpc) is 2.82. The second-order valence-electron chi connectivity index (χ2n) is 3.42. The zero-order valence-electron chi connectivity index (χ0n) is 9.61. The molecule has 0 amide bonds. The molecule has 2 aromatic rings. The average molecular weight is 268 g/mol. The maximum absolute atomic E-state index is 10.5. The molecule has 96 valence electrons. The summed E-state index contributed by atoms with van der Waals surface area (Å²) in [6.45, 7) is 1.84. The van der Waals surface area contributed by atoms with E-state index in [1.165, 1.54) is 18.4 Å². The number of aldehydes is 1. The first kappa shape index (κ1) is 14.1. The van der Waals surface area contributed by atoms with E-state index < -0.39 is 10.1 Å². The molecule has 0 saturated carbocycles. The zero-order chi connectivity index (χ0) is 13.6. The summed E-state index contributed by atoms with van der Waals surface area (Å²) in [7, 11) is -4.02. The summed E-state index contributed by atoms with van der Waals surface area (Å²) in [4.78, 5) is 9.71. The van der Waals surface area contributed by atoms with E-state index >= 15 is 0 Å². The summed E-state index contributed by atoms with van der Waals surface area (Å²) in [5.74, 6) is 0.375. The monoisotopic (exact) mass is 268 g/mol. The van der Waals surface area contributed by atoms with Crippen LogP contribution in [-0.2, 0) is 10.1 Å². The van der Waals surface area contributed by atoms with Crippen molar-refractivity contribution in [1.29, 1.82) is 0 Å². The highest BCUT2D eigenvalue weighted by Gasteiger charge is 2.06. The van der Waals surface area contributed by atoms with E-state index in [2.05, 4.69) is 4.42 Å². The molecule has 6 heteroatoms. The van der Waals surface area contributed by atoms with Crippen LogP contribution in [0.4, 0.5) is 0 Å². The summed E-state index contributed by atoms with van der Waals surface area (Å²) in [5.41, 5.74) is 0.956. The van der Waals surface area contributed by atoms with Gasteiger partial charge in [-0.05, 0) is 31.2 Å². The molecular formula is C12H12O5S. The molecule has 1 heterocycles. The van der Waals surface area contributed by atoms with Crippen molar-refractivity contribution >= 4 is 16.4 Å². The number of hydrogen-bond donors (Lipinski definition) is 1. The molecule has 1 N–H and O–H groups in total. The smallest absolute Gasteiger partial charge is 0.294 e. The van der Waals surface area contributed by atoms with Gasteiger partial charge in [0.05, 0.1) is 11.2 Å². The molecule has 0 atom stereocenters. The Bertz CT molecular complexity index is 582. The lowest BCUT2D eigenvalue weighted by molar-refractivity contribution is 0.110. The van der Waals surface area contributed by atoms with Crippen molar-refractivity contribution in [3.63, 3.8) is 0 Å². The van der Waals surface area contributed by atoms with E-state index in [-0.39, 0.29) is 4.90 Å². The molecule has 0 aliphatic rings. The Morgan fingerprint density at radius 1 is 1.17 bits per heavy atom. The normalized spacial score (nSPS) is 10.3. The van der Waals surface area contributed by atoms with Crippen LogP contribution in [0.2, 0.25) is 0 Å². The molecular weight excluding hydrogens is 256 g/mol. The van der Waals surface area contributed by atoms with E-state index in [9.17, 15) is 13.2 Å². The van der Waals surface area contributed by atoms with Gasteiger partial charge >= 0.3 is 0 Å². The topological polar surface area (TPSA) is 84.6 Å². The largest absolute Gasteiger partial charge is 0.462 e. The molecule has 0 radical (unpaired) electrons. The molecule has 2 rings (SSSR count). The second-order valence-corrected chi connectivity index (χ2v) is 4.84. The van der Waals surface area contributed by atoms with Crippen LogP contribution in [0, 0.1) is 6.92 Å². The SMILES string of the molecule is Cc1ccc(S(=O)(=O)O)cc1.O=Cc1ccco1. The van der Waals surface area contributed by atoms with Gasteiger partial charge < -0.3 is 4.42 Å². The zero-order valence-corrected chi connectivity index (χ0v) is 10.4. The third kappa shape index (κ3) is 4.52. The Morgan fingerprint density at radius 2 is 1.78 bits per heavy atom. The van der Waals surface area contributed by atoms with Crippen LogP contribution in [0.3, 0.4) is 0 Å². The van der Waals surface area contributed by atoms with Gasteiger partial charge in [-0.3, -0.25) is 9.35 Å². The van der Waals surface area contributed by atoms with Gasteiger partial charge in [0.25, 0.3) is 10.1 Å². The van der Waals surface area contributed by atoms with Crippen LogP contribution in [0.1, 0.15) is 16.1 Å². The van der Waals surface area contributed by atoms with E-state index in [4.69, 9.17) is 4.55 Å². The quantitative estimate of drug-likeness (QED) is 0.667. The molecule has 0 unspecified atom stereocenters. The molecule has 1 aromatic heterocycles. The predicted octanol–water partition coefficient (Wildman–Crippen LogP) is 2.33. The highest BCUT2D eigenvalue weighted by atomic mass is 32.2. The first-order chi connectivity index (χ1) is 8.43. The highest BCUT2D eigenvalue weighted by Crippen LogP contribution is 2.08. The van der Waals surface area contributed by atoms with Gasteiger partial charge in [-0.2, -0.15) is 8.42 Å². The maximum Gasteiger partial charge on any atom is 0.294 e. The van der Waals surface area contributed by atoms with Gasteiger partial charge in [0.15, 0.2) is 12.0 Å². The van der Waals surface area contributed by atoms with Crippen molar-refractivity contribution < 1.29 is 22.2 Å². The van der Waals surface area contributed by atoms with Crippen molar-refractivity contribution in [2.45, 2.75) is 11.8 Å². The van der Waals surface area contributed by atoms with E-state index in [1.54, 1.807) is 24.3 Å². The maximum atomic E-state index is 10.5. The number of aryl methyl sites for hydroxylation is 1. The van der Waals surface area contributed by atoms with Gasteiger partial charge in [-0.25, -0.2) is 0 Å². The third-order valence-electron chi connectivity index (χ3n) is 1.98. The Kier molecular flexibility index (Phi) is 4.82. The summed E-state index contributed by atoms with van der Waals surface area (Å²) in [5, 5.41) is 0. The lowest BCUT2D eigenvalue weighted by atomic mass is 10.2. The highest BCUT2D eigenvalue weighted by molar-refractivity contribution is 7.85. The molecule has 0 fully saturated rings. The molecule has 5 nitrogen and oxygen atoms in total. The van der Waals surface area contributed by atoms with Crippen molar-refractivity contribution in [3.05, 3.63) is 54.0 Å². The number of hydrogen-bond acceptors (Lipinski definition) is 4. The molecule has 0 bridgehead atoms. The van der Waals surface area contributed by atoms with Crippen molar-refractivity contribution in [3.8, 4) is 0 Å². The van der Waals surface area contributed by atoms with Gasteiger partial charge in [-0.1, -0.05) is 17.7 Å². The molecule has 0 spiro atoms. The Morgan fingerprint density at radius 3 is 2.11 bits per heavy atom. The van der Waals surface area contributed by atoms with Gasteiger partial charge in [0.1, 0.15) is 0 Å². The van der Waals surface area contributed by atoms with Crippen molar-refractivity contribution in [2.75, 3.05) is 0 Å². The predicted molar refractivity (Wildman–Crippen MR) is 65.1 cm³/mol. The summed E-state index contributed by atoms with van der Waals surface area (Å²) in [6.07, 6.45) is 2.13. The van der Waals surface area contributed by atoms with Crippen LogP contribution in [0.15, 0.2) is 52.0 Å². The summed E-state index contributed by atoms with van der Waals surface area (Å²) >= 11 is 0.